The normalized spacial score (nSPS) is 19.6. The van der Waals surface area contributed by atoms with Crippen LogP contribution in [0.1, 0.15) is 51.4 Å². The maximum atomic E-state index is 13.0. The van der Waals surface area contributed by atoms with Crippen molar-refractivity contribution in [2.75, 3.05) is 38.5 Å². The van der Waals surface area contributed by atoms with Crippen molar-refractivity contribution in [3.63, 3.8) is 0 Å². The second kappa shape index (κ2) is 13.2. The third kappa shape index (κ3) is 9.27. The highest BCUT2D eigenvalue weighted by atomic mass is 32.2. The van der Waals surface area contributed by atoms with Gasteiger partial charge in [0.05, 0.1) is 6.10 Å². The Kier molecular flexibility index (Phi) is 10.9. The molecule has 6 nitrogen and oxygen atoms in total. The van der Waals surface area contributed by atoms with Crippen LogP contribution < -0.4 is 4.72 Å². The van der Waals surface area contributed by atoms with Crippen molar-refractivity contribution in [1.82, 2.24) is 9.21 Å². The van der Waals surface area contributed by atoms with Crippen LogP contribution in [0.2, 0.25) is 0 Å². The van der Waals surface area contributed by atoms with E-state index < -0.39 is 16.0 Å². The smallest absolute Gasteiger partial charge is 0.301 e. The number of benzene rings is 1. The van der Waals surface area contributed by atoms with Gasteiger partial charge in [-0.1, -0.05) is 18.9 Å². The molecule has 0 aromatic heterocycles. The number of ether oxygens (including phenoxy) is 1. The SMILES string of the molecule is C=CCN(C)CCCCCCOC1CCC(N(C)S(=O)(=O)Nc2ccc(F)cc2)CC1. The van der Waals surface area contributed by atoms with Gasteiger partial charge in [-0.05, 0) is 76.4 Å². The first-order chi connectivity index (χ1) is 14.8. The Balaban J connectivity index is 1.62. The van der Waals surface area contributed by atoms with E-state index in [1.165, 1.54) is 47.8 Å². The molecule has 0 amide bonds. The predicted molar refractivity (Wildman–Crippen MR) is 125 cm³/mol. The lowest BCUT2D eigenvalue weighted by atomic mass is 9.93. The van der Waals surface area contributed by atoms with Crippen LogP contribution in [-0.4, -0.2) is 63.6 Å². The van der Waals surface area contributed by atoms with Gasteiger partial charge in [-0.15, -0.1) is 6.58 Å². The molecule has 1 fully saturated rings. The summed E-state index contributed by atoms with van der Waals surface area (Å²) in [5.41, 5.74) is 0.359. The minimum Gasteiger partial charge on any atom is -0.378 e. The van der Waals surface area contributed by atoms with Crippen LogP contribution in [0.25, 0.3) is 0 Å². The summed E-state index contributed by atoms with van der Waals surface area (Å²) in [6, 6.07) is 5.27. The number of nitrogens with one attached hydrogen (secondary N) is 1. The van der Waals surface area contributed by atoms with Gasteiger partial charge >= 0.3 is 10.2 Å². The highest BCUT2D eigenvalue weighted by molar-refractivity contribution is 7.90. The van der Waals surface area contributed by atoms with Gasteiger partial charge < -0.3 is 9.64 Å². The van der Waals surface area contributed by atoms with Crippen LogP contribution in [0.15, 0.2) is 36.9 Å². The molecule has 0 unspecified atom stereocenters. The van der Waals surface area contributed by atoms with E-state index in [-0.39, 0.29) is 12.1 Å². The summed E-state index contributed by atoms with van der Waals surface area (Å²) in [6.45, 7) is 6.57. The third-order valence-electron chi connectivity index (χ3n) is 5.86. The van der Waals surface area contributed by atoms with Crippen molar-refractivity contribution in [3.05, 3.63) is 42.7 Å². The average Bonchev–Trinajstić information content (AvgIpc) is 2.74. The van der Waals surface area contributed by atoms with E-state index in [2.05, 4.69) is 23.2 Å². The molecule has 8 heteroatoms. The molecule has 0 heterocycles. The molecular weight excluding hydrogens is 417 g/mol. The second-order valence-electron chi connectivity index (χ2n) is 8.40. The predicted octanol–water partition coefficient (Wildman–Crippen LogP) is 4.42. The monoisotopic (exact) mass is 455 g/mol. The van der Waals surface area contributed by atoms with Gasteiger partial charge in [0, 0.05) is 31.9 Å². The number of nitrogens with zero attached hydrogens (tertiary/aromatic N) is 2. The first-order valence-electron chi connectivity index (χ1n) is 11.2. The minimum atomic E-state index is -3.67. The molecule has 176 valence electrons. The second-order valence-corrected chi connectivity index (χ2v) is 10.1. The zero-order chi connectivity index (χ0) is 22.7. The highest BCUT2D eigenvalue weighted by Crippen LogP contribution is 2.27. The van der Waals surface area contributed by atoms with Gasteiger partial charge in [0.15, 0.2) is 0 Å². The van der Waals surface area contributed by atoms with Crippen molar-refractivity contribution in [2.45, 2.75) is 63.5 Å². The number of unbranched alkanes of at least 4 members (excludes halogenated alkanes) is 3. The summed E-state index contributed by atoms with van der Waals surface area (Å²) >= 11 is 0. The first kappa shape index (κ1) is 25.8. The van der Waals surface area contributed by atoms with Crippen LogP contribution in [0, 0.1) is 5.82 Å². The van der Waals surface area contributed by atoms with E-state index in [0.717, 1.165) is 51.8 Å². The Morgan fingerprint density at radius 1 is 1.10 bits per heavy atom. The zero-order valence-electron chi connectivity index (χ0n) is 18.9. The molecule has 1 aromatic rings. The van der Waals surface area contributed by atoms with E-state index >= 15 is 0 Å². The fraction of sp³-hybridized carbons (Fsp3) is 0.652. The Labute approximate surface area is 187 Å². The van der Waals surface area contributed by atoms with Gasteiger partial charge in [-0.3, -0.25) is 4.72 Å². The molecule has 0 atom stereocenters. The van der Waals surface area contributed by atoms with E-state index in [1.54, 1.807) is 7.05 Å². The number of halogens is 1. The maximum absolute atomic E-state index is 13.0. The quantitative estimate of drug-likeness (QED) is 0.333. The van der Waals surface area contributed by atoms with Crippen LogP contribution in [0.3, 0.4) is 0 Å². The molecule has 0 saturated heterocycles. The highest BCUT2D eigenvalue weighted by Gasteiger charge is 2.30. The molecule has 0 aliphatic heterocycles. The summed E-state index contributed by atoms with van der Waals surface area (Å²) < 4.78 is 48.2. The van der Waals surface area contributed by atoms with Gasteiger partial charge in [-0.2, -0.15) is 12.7 Å². The molecule has 2 rings (SSSR count). The number of likely N-dealkylation sites (N-methyl/N-ethyl adjacent to an activating group) is 1. The maximum Gasteiger partial charge on any atom is 0.301 e. The van der Waals surface area contributed by atoms with Gasteiger partial charge in [-0.25, -0.2) is 4.39 Å². The van der Waals surface area contributed by atoms with Crippen LogP contribution in [0.5, 0.6) is 0 Å². The van der Waals surface area contributed by atoms with Crippen molar-refractivity contribution in [2.24, 2.45) is 0 Å². The van der Waals surface area contributed by atoms with E-state index in [4.69, 9.17) is 4.74 Å². The summed E-state index contributed by atoms with van der Waals surface area (Å²) in [6.07, 6.45) is 10.1. The Morgan fingerprint density at radius 2 is 1.74 bits per heavy atom. The topological polar surface area (TPSA) is 61.9 Å². The largest absolute Gasteiger partial charge is 0.378 e. The fourth-order valence-corrected chi connectivity index (χ4v) is 5.09. The minimum absolute atomic E-state index is 0.0506. The summed E-state index contributed by atoms with van der Waals surface area (Å²) in [5.74, 6) is -0.397. The molecule has 1 aliphatic carbocycles. The van der Waals surface area contributed by atoms with Crippen LogP contribution in [-0.2, 0) is 14.9 Å². The van der Waals surface area contributed by atoms with Crippen LogP contribution >= 0.6 is 0 Å². The summed E-state index contributed by atoms with van der Waals surface area (Å²) in [5, 5.41) is 0. The van der Waals surface area contributed by atoms with Gasteiger partial charge in [0.1, 0.15) is 5.82 Å². The molecule has 1 aromatic carbocycles. The Morgan fingerprint density at radius 3 is 2.39 bits per heavy atom. The van der Waals surface area contributed by atoms with Crippen molar-refractivity contribution < 1.29 is 17.5 Å². The van der Waals surface area contributed by atoms with Gasteiger partial charge in [0.25, 0.3) is 0 Å². The molecular formula is C23H38FN3O3S. The lowest BCUT2D eigenvalue weighted by molar-refractivity contribution is 0.0157. The number of rotatable bonds is 14. The molecule has 0 radical (unpaired) electrons. The molecule has 0 bridgehead atoms. The summed E-state index contributed by atoms with van der Waals surface area (Å²) in [4.78, 5) is 2.27. The van der Waals surface area contributed by atoms with E-state index in [0.29, 0.717) is 5.69 Å². The van der Waals surface area contributed by atoms with Crippen molar-refractivity contribution in [3.8, 4) is 0 Å². The first-order valence-corrected chi connectivity index (χ1v) is 12.7. The molecule has 0 spiro atoms. The molecule has 1 N–H and O–H groups in total. The lowest BCUT2D eigenvalue weighted by Crippen LogP contribution is -2.43. The Bertz CT molecular complexity index is 750. The molecule has 1 saturated carbocycles. The van der Waals surface area contributed by atoms with Gasteiger partial charge in [0.2, 0.25) is 0 Å². The number of hydrogen-bond acceptors (Lipinski definition) is 4. The molecule has 1 aliphatic rings. The molecule has 31 heavy (non-hydrogen) atoms. The third-order valence-corrected chi connectivity index (χ3v) is 7.41. The lowest BCUT2D eigenvalue weighted by Gasteiger charge is -2.34. The fourth-order valence-electron chi connectivity index (χ4n) is 3.91. The number of anilines is 1. The number of hydrogen-bond donors (Lipinski definition) is 1. The Hall–Kier alpha value is -1.48. The van der Waals surface area contributed by atoms with Crippen molar-refractivity contribution in [1.29, 1.82) is 0 Å². The van der Waals surface area contributed by atoms with E-state index in [9.17, 15) is 12.8 Å². The standard InChI is InChI=1S/C23H38FN3O3S/c1-4-17-26(2)18-7-5-6-8-19-30-23-15-13-22(14-16-23)27(3)31(28,29)25-21-11-9-20(24)10-12-21/h4,9-12,22-23,25H,1,5-8,13-19H2,2-3H3. The summed E-state index contributed by atoms with van der Waals surface area (Å²) in [7, 11) is 0.0433. The van der Waals surface area contributed by atoms with Crippen molar-refractivity contribution >= 4 is 15.9 Å². The zero-order valence-corrected chi connectivity index (χ0v) is 19.7. The average molecular weight is 456 g/mol. The van der Waals surface area contributed by atoms with Crippen LogP contribution in [0.4, 0.5) is 10.1 Å². The van der Waals surface area contributed by atoms with E-state index in [1.807, 2.05) is 6.08 Å².